The van der Waals surface area contributed by atoms with Crippen LogP contribution in [0, 0.1) is 0 Å². The molecule has 0 spiro atoms. The Labute approximate surface area is 115 Å². The predicted molar refractivity (Wildman–Crippen MR) is 75.9 cm³/mol. The maximum Gasteiger partial charge on any atom is 0.320 e. The zero-order valence-electron chi connectivity index (χ0n) is 10.9. The standard InChI is InChI=1S/C13H25NO2.BrH/c1-2-3-4-5-6-7-10-14-11-8-9-12(14)13(15)16;/h12H,2-11H2,1H3,(H,15,16);1H. The third-order valence-corrected chi connectivity index (χ3v) is 3.45. The molecule has 102 valence electrons. The summed E-state index contributed by atoms with van der Waals surface area (Å²) in [5, 5.41) is 9.01. The van der Waals surface area contributed by atoms with Gasteiger partial charge < -0.3 is 5.11 Å². The van der Waals surface area contributed by atoms with Crippen molar-refractivity contribution >= 4 is 23.0 Å². The lowest BCUT2D eigenvalue weighted by Gasteiger charge is -2.20. The van der Waals surface area contributed by atoms with Crippen molar-refractivity contribution in [2.75, 3.05) is 13.1 Å². The zero-order valence-corrected chi connectivity index (χ0v) is 12.6. The summed E-state index contributed by atoms with van der Waals surface area (Å²) in [4.78, 5) is 13.1. The molecular weight excluding hydrogens is 282 g/mol. The summed E-state index contributed by atoms with van der Waals surface area (Å²) in [7, 11) is 0. The molecule has 0 radical (unpaired) electrons. The quantitative estimate of drug-likeness (QED) is 0.698. The van der Waals surface area contributed by atoms with Crippen LogP contribution in [-0.2, 0) is 4.79 Å². The van der Waals surface area contributed by atoms with Gasteiger partial charge in [-0.3, -0.25) is 9.69 Å². The van der Waals surface area contributed by atoms with Crippen molar-refractivity contribution < 1.29 is 9.90 Å². The summed E-state index contributed by atoms with van der Waals surface area (Å²) < 4.78 is 0. The van der Waals surface area contributed by atoms with E-state index >= 15 is 0 Å². The third kappa shape index (κ3) is 6.41. The predicted octanol–water partition coefficient (Wildman–Crippen LogP) is 3.47. The minimum absolute atomic E-state index is 0. The Bertz CT molecular complexity index is 212. The van der Waals surface area contributed by atoms with Crippen LogP contribution in [0.25, 0.3) is 0 Å². The van der Waals surface area contributed by atoms with E-state index in [9.17, 15) is 4.79 Å². The zero-order chi connectivity index (χ0) is 11.8. The molecule has 1 aliphatic heterocycles. The van der Waals surface area contributed by atoms with Gasteiger partial charge in [-0.15, -0.1) is 17.0 Å². The Kier molecular flexibility index (Phi) is 9.84. The Morgan fingerprint density at radius 3 is 2.53 bits per heavy atom. The highest BCUT2D eigenvalue weighted by molar-refractivity contribution is 8.93. The molecule has 1 rings (SSSR count). The Morgan fingerprint density at radius 2 is 1.88 bits per heavy atom. The van der Waals surface area contributed by atoms with Crippen LogP contribution in [-0.4, -0.2) is 35.1 Å². The van der Waals surface area contributed by atoms with Crippen molar-refractivity contribution in [2.24, 2.45) is 0 Å². The highest BCUT2D eigenvalue weighted by atomic mass is 79.9. The fourth-order valence-electron chi connectivity index (χ4n) is 2.47. The number of carboxylic acids is 1. The molecule has 0 aromatic heterocycles. The Hall–Kier alpha value is -0.0900. The van der Waals surface area contributed by atoms with Gasteiger partial charge in [0.2, 0.25) is 0 Å². The molecule has 1 N–H and O–H groups in total. The van der Waals surface area contributed by atoms with Gasteiger partial charge in [0, 0.05) is 0 Å². The summed E-state index contributed by atoms with van der Waals surface area (Å²) in [6.07, 6.45) is 9.56. The summed E-state index contributed by atoms with van der Waals surface area (Å²) >= 11 is 0. The molecule has 1 unspecified atom stereocenters. The fourth-order valence-corrected chi connectivity index (χ4v) is 2.47. The van der Waals surface area contributed by atoms with Gasteiger partial charge in [0.25, 0.3) is 0 Å². The van der Waals surface area contributed by atoms with E-state index in [0.29, 0.717) is 0 Å². The molecule has 0 aromatic carbocycles. The van der Waals surface area contributed by atoms with E-state index in [1.54, 1.807) is 0 Å². The van der Waals surface area contributed by atoms with Gasteiger partial charge >= 0.3 is 5.97 Å². The maximum absolute atomic E-state index is 10.9. The number of carboxylic acid groups (broad SMARTS) is 1. The van der Waals surface area contributed by atoms with E-state index < -0.39 is 5.97 Å². The van der Waals surface area contributed by atoms with Crippen LogP contribution in [0.1, 0.15) is 58.3 Å². The van der Waals surface area contributed by atoms with Crippen LogP contribution in [0.4, 0.5) is 0 Å². The smallest absolute Gasteiger partial charge is 0.320 e. The van der Waals surface area contributed by atoms with E-state index in [-0.39, 0.29) is 23.0 Å². The van der Waals surface area contributed by atoms with Crippen LogP contribution in [0.15, 0.2) is 0 Å². The van der Waals surface area contributed by atoms with Gasteiger partial charge in [-0.05, 0) is 32.4 Å². The lowest BCUT2D eigenvalue weighted by molar-refractivity contribution is -0.142. The van der Waals surface area contributed by atoms with Crippen molar-refractivity contribution in [3.05, 3.63) is 0 Å². The van der Waals surface area contributed by atoms with E-state index in [1.165, 1.54) is 32.1 Å². The van der Waals surface area contributed by atoms with Crippen LogP contribution in [0.2, 0.25) is 0 Å². The first-order valence-electron chi connectivity index (χ1n) is 6.72. The number of hydrogen-bond donors (Lipinski definition) is 1. The molecule has 1 saturated heterocycles. The number of unbranched alkanes of at least 4 members (excludes halogenated alkanes) is 5. The van der Waals surface area contributed by atoms with E-state index in [2.05, 4.69) is 11.8 Å². The molecule has 3 nitrogen and oxygen atoms in total. The van der Waals surface area contributed by atoms with Crippen molar-refractivity contribution in [2.45, 2.75) is 64.3 Å². The van der Waals surface area contributed by atoms with Gasteiger partial charge in [-0.2, -0.15) is 0 Å². The number of hydrogen-bond acceptors (Lipinski definition) is 2. The van der Waals surface area contributed by atoms with Gasteiger partial charge in [-0.25, -0.2) is 0 Å². The first kappa shape index (κ1) is 16.9. The minimum Gasteiger partial charge on any atom is -0.480 e. The average molecular weight is 308 g/mol. The van der Waals surface area contributed by atoms with E-state index in [0.717, 1.165) is 32.4 Å². The maximum atomic E-state index is 10.9. The van der Waals surface area contributed by atoms with Gasteiger partial charge in [-0.1, -0.05) is 39.0 Å². The Morgan fingerprint density at radius 1 is 1.24 bits per heavy atom. The largest absolute Gasteiger partial charge is 0.480 e. The molecule has 1 heterocycles. The van der Waals surface area contributed by atoms with E-state index in [1.807, 2.05) is 0 Å². The van der Waals surface area contributed by atoms with Gasteiger partial charge in [0.05, 0.1) is 0 Å². The SMILES string of the molecule is Br.CCCCCCCCN1CCCC1C(=O)O. The first-order valence-corrected chi connectivity index (χ1v) is 6.72. The summed E-state index contributed by atoms with van der Waals surface area (Å²) in [6, 6.07) is -0.198. The second-order valence-corrected chi connectivity index (χ2v) is 4.80. The Balaban J connectivity index is 0.00000256. The van der Waals surface area contributed by atoms with Crippen LogP contribution in [0.3, 0.4) is 0 Å². The van der Waals surface area contributed by atoms with E-state index in [4.69, 9.17) is 5.11 Å². The molecule has 0 saturated carbocycles. The first-order chi connectivity index (χ1) is 7.75. The number of likely N-dealkylation sites (tertiary alicyclic amines) is 1. The fraction of sp³-hybridized carbons (Fsp3) is 0.923. The van der Waals surface area contributed by atoms with Crippen molar-refractivity contribution in [3.63, 3.8) is 0 Å². The summed E-state index contributed by atoms with van der Waals surface area (Å²) in [5.41, 5.74) is 0. The normalized spacial score (nSPS) is 20.2. The highest BCUT2D eigenvalue weighted by Crippen LogP contribution is 2.18. The van der Waals surface area contributed by atoms with Gasteiger partial charge in [0.1, 0.15) is 6.04 Å². The minimum atomic E-state index is -0.636. The lowest BCUT2D eigenvalue weighted by Crippen LogP contribution is -2.36. The lowest BCUT2D eigenvalue weighted by atomic mass is 10.1. The molecule has 0 aromatic rings. The molecule has 4 heteroatoms. The monoisotopic (exact) mass is 307 g/mol. The highest BCUT2D eigenvalue weighted by Gasteiger charge is 2.29. The van der Waals surface area contributed by atoms with Crippen molar-refractivity contribution in [3.8, 4) is 0 Å². The topological polar surface area (TPSA) is 40.5 Å². The summed E-state index contributed by atoms with van der Waals surface area (Å²) in [5.74, 6) is -0.636. The summed E-state index contributed by atoms with van der Waals surface area (Å²) in [6.45, 7) is 4.18. The molecule has 0 amide bonds. The second kappa shape index (κ2) is 9.89. The number of carbonyl (C=O) groups is 1. The number of halogens is 1. The van der Waals surface area contributed by atoms with Crippen molar-refractivity contribution in [1.82, 2.24) is 4.90 Å². The number of aliphatic carboxylic acids is 1. The molecule has 17 heavy (non-hydrogen) atoms. The van der Waals surface area contributed by atoms with Crippen LogP contribution < -0.4 is 0 Å². The van der Waals surface area contributed by atoms with Crippen LogP contribution >= 0.6 is 17.0 Å². The molecule has 1 atom stereocenters. The average Bonchev–Trinajstić information content (AvgIpc) is 2.71. The third-order valence-electron chi connectivity index (χ3n) is 3.45. The molecule has 0 bridgehead atoms. The van der Waals surface area contributed by atoms with Crippen molar-refractivity contribution in [1.29, 1.82) is 0 Å². The van der Waals surface area contributed by atoms with Crippen LogP contribution in [0.5, 0.6) is 0 Å². The number of nitrogens with zero attached hydrogens (tertiary/aromatic N) is 1. The molecular formula is C13H26BrNO2. The number of rotatable bonds is 8. The van der Waals surface area contributed by atoms with Gasteiger partial charge in [0.15, 0.2) is 0 Å². The molecule has 1 fully saturated rings. The molecule has 0 aliphatic carbocycles. The second-order valence-electron chi connectivity index (χ2n) is 4.80. The molecule has 1 aliphatic rings.